The highest BCUT2D eigenvalue weighted by molar-refractivity contribution is 9.11. The van der Waals surface area contributed by atoms with E-state index in [4.69, 9.17) is 4.74 Å². The van der Waals surface area contributed by atoms with Gasteiger partial charge in [-0.05, 0) is 53.2 Å². The highest BCUT2D eigenvalue weighted by Gasteiger charge is 2.18. The van der Waals surface area contributed by atoms with Gasteiger partial charge in [-0.15, -0.1) is 11.3 Å². The molecule has 4 rings (SSSR count). The van der Waals surface area contributed by atoms with E-state index in [9.17, 15) is 9.90 Å². The normalized spacial score (nSPS) is 13.7. The summed E-state index contributed by atoms with van der Waals surface area (Å²) < 4.78 is 8.52. The number of phenolic OH excluding ortho intramolecular Hbond substituents is 1. The molecule has 1 aliphatic rings. The minimum atomic E-state index is -0.196. The molecule has 32 heavy (non-hydrogen) atoms. The number of benzene rings is 2. The number of nitrogens with one attached hydrogen (secondary N) is 1. The second kappa shape index (κ2) is 9.43. The van der Waals surface area contributed by atoms with Crippen molar-refractivity contribution in [3.05, 3.63) is 67.2 Å². The minimum absolute atomic E-state index is 0.00467. The zero-order chi connectivity index (χ0) is 22.8. The quantitative estimate of drug-likeness (QED) is 0.325. The predicted octanol–water partition coefficient (Wildman–Crippen LogP) is 5.14. The van der Waals surface area contributed by atoms with Crippen molar-refractivity contribution in [3.8, 4) is 22.8 Å². The van der Waals surface area contributed by atoms with Gasteiger partial charge in [0, 0.05) is 21.0 Å². The van der Waals surface area contributed by atoms with Crippen LogP contribution in [0.4, 0.5) is 5.69 Å². The number of amides is 1. The number of thiazole rings is 1. The molecule has 0 unspecified atom stereocenters. The Bertz CT molecular complexity index is 1330. The van der Waals surface area contributed by atoms with Gasteiger partial charge in [0.25, 0.3) is 5.91 Å². The smallest absolute Gasteiger partial charge is 0.262 e. The van der Waals surface area contributed by atoms with Gasteiger partial charge in [0.1, 0.15) is 11.5 Å². The number of carbonyl (C=O) groups is 1. The van der Waals surface area contributed by atoms with Gasteiger partial charge in [0.2, 0.25) is 4.80 Å². The number of hydrogen-bond donors (Lipinski definition) is 2. The van der Waals surface area contributed by atoms with Crippen LogP contribution < -0.4 is 14.9 Å². The molecule has 0 atom stereocenters. The summed E-state index contributed by atoms with van der Waals surface area (Å²) in [6.45, 7) is 6.30. The second-order valence-corrected chi connectivity index (χ2v) is 9.71. The van der Waals surface area contributed by atoms with E-state index < -0.39 is 0 Å². The van der Waals surface area contributed by atoms with Crippen molar-refractivity contribution >= 4 is 61.0 Å². The van der Waals surface area contributed by atoms with Crippen LogP contribution in [0.25, 0.3) is 11.3 Å². The summed E-state index contributed by atoms with van der Waals surface area (Å²) in [6, 6.07) is 9.09. The fourth-order valence-electron chi connectivity index (χ4n) is 2.97. The van der Waals surface area contributed by atoms with Crippen LogP contribution in [0.3, 0.4) is 0 Å². The van der Waals surface area contributed by atoms with Crippen LogP contribution in [-0.4, -0.2) is 35.1 Å². The van der Waals surface area contributed by atoms with Gasteiger partial charge in [-0.3, -0.25) is 9.79 Å². The van der Waals surface area contributed by atoms with Gasteiger partial charge in [-0.2, -0.15) is 5.10 Å². The van der Waals surface area contributed by atoms with Crippen LogP contribution in [0.1, 0.15) is 12.5 Å². The topological polar surface area (TPSA) is 88.2 Å². The summed E-state index contributed by atoms with van der Waals surface area (Å²) in [6.07, 6.45) is 1.57. The molecule has 1 aromatic heterocycles. The Balaban J connectivity index is 1.81. The number of rotatable bonds is 5. The van der Waals surface area contributed by atoms with E-state index in [0.29, 0.717) is 32.8 Å². The van der Waals surface area contributed by atoms with E-state index in [1.165, 1.54) is 11.3 Å². The number of phenols is 1. The van der Waals surface area contributed by atoms with Crippen molar-refractivity contribution in [1.29, 1.82) is 0 Å². The third kappa shape index (κ3) is 4.87. The number of anilines is 1. The maximum atomic E-state index is 11.7. The van der Waals surface area contributed by atoms with Crippen LogP contribution in [0, 0.1) is 0 Å². The zero-order valence-electron chi connectivity index (χ0n) is 16.9. The molecule has 1 aliphatic heterocycles. The molecule has 0 radical (unpaired) electrons. The van der Waals surface area contributed by atoms with Crippen LogP contribution in [0.2, 0.25) is 0 Å². The van der Waals surface area contributed by atoms with Crippen molar-refractivity contribution in [2.24, 2.45) is 10.1 Å². The van der Waals surface area contributed by atoms with Crippen LogP contribution in [-0.2, 0) is 4.79 Å². The maximum absolute atomic E-state index is 11.7. The van der Waals surface area contributed by atoms with Crippen molar-refractivity contribution in [2.45, 2.75) is 6.92 Å². The number of aromatic hydroxyl groups is 1. The Labute approximate surface area is 205 Å². The number of fused-ring (bicyclic) bond motifs is 1. The molecule has 0 fully saturated rings. The lowest BCUT2D eigenvalue weighted by atomic mass is 10.1. The summed E-state index contributed by atoms with van der Waals surface area (Å²) in [4.78, 5) is 17.0. The third-order valence-corrected chi connectivity index (χ3v) is 6.36. The lowest BCUT2D eigenvalue weighted by Crippen LogP contribution is -2.25. The monoisotopic (exact) mass is 576 g/mol. The summed E-state index contributed by atoms with van der Waals surface area (Å²) >= 11 is 8.21. The van der Waals surface area contributed by atoms with Crippen molar-refractivity contribution in [2.75, 3.05) is 18.5 Å². The van der Waals surface area contributed by atoms with E-state index in [1.807, 2.05) is 30.5 Å². The summed E-state index contributed by atoms with van der Waals surface area (Å²) in [5.74, 6) is 0.511. The Morgan fingerprint density at radius 3 is 2.97 bits per heavy atom. The number of hydrogen-bond acceptors (Lipinski definition) is 6. The number of ether oxygens (including phenoxy) is 1. The molecule has 1 amide bonds. The SMILES string of the molecule is C=C(C)CN=c1scc(-c2ccc3c(c2)NC(=O)CO3)n1N=Cc1cc(Br)cc(Br)c1O. The molecule has 2 N–H and O–H groups in total. The van der Waals surface area contributed by atoms with Crippen LogP contribution in [0.15, 0.2) is 66.9 Å². The Kier molecular flexibility index (Phi) is 6.63. The van der Waals surface area contributed by atoms with E-state index in [-0.39, 0.29) is 18.3 Å². The van der Waals surface area contributed by atoms with E-state index in [1.54, 1.807) is 23.0 Å². The van der Waals surface area contributed by atoms with Gasteiger partial charge >= 0.3 is 0 Å². The lowest BCUT2D eigenvalue weighted by Gasteiger charge is -2.18. The molecule has 0 spiro atoms. The molecule has 2 heterocycles. The molecule has 0 saturated carbocycles. The number of aromatic nitrogens is 1. The van der Waals surface area contributed by atoms with Gasteiger partial charge in [-0.1, -0.05) is 28.1 Å². The molecule has 7 nitrogen and oxygen atoms in total. The number of halogens is 2. The average Bonchev–Trinajstić information content (AvgIpc) is 3.16. The van der Waals surface area contributed by atoms with Gasteiger partial charge in [0.15, 0.2) is 6.61 Å². The molecule has 10 heteroatoms. The van der Waals surface area contributed by atoms with E-state index >= 15 is 0 Å². The van der Waals surface area contributed by atoms with Gasteiger partial charge < -0.3 is 15.2 Å². The van der Waals surface area contributed by atoms with E-state index in [0.717, 1.165) is 21.3 Å². The first kappa shape index (κ1) is 22.5. The highest BCUT2D eigenvalue weighted by atomic mass is 79.9. The molecule has 164 valence electrons. The molecule has 0 saturated heterocycles. The molecule has 2 aromatic carbocycles. The molecular formula is C22H18Br2N4O3S. The molecule has 0 bridgehead atoms. The highest BCUT2D eigenvalue weighted by Crippen LogP contribution is 2.33. The molecular weight excluding hydrogens is 560 g/mol. The van der Waals surface area contributed by atoms with Crippen LogP contribution in [0.5, 0.6) is 11.5 Å². The van der Waals surface area contributed by atoms with Crippen molar-refractivity contribution in [1.82, 2.24) is 4.68 Å². The van der Waals surface area contributed by atoms with Gasteiger partial charge in [-0.25, -0.2) is 4.68 Å². The minimum Gasteiger partial charge on any atom is -0.506 e. The third-order valence-electron chi connectivity index (χ3n) is 4.45. The molecule has 3 aromatic rings. The summed E-state index contributed by atoms with van der Waals surface area (Å²) in [7, 11) is 0. The lowest BCUT2D eigenvalue weighted by molar-refractivity contribution is -0.118. The van der Waals surface area contributed by atoms with E-state index in [2.05, 4.69) is 53.8 Å². The first-order chi connectivity index (χ1) is 15.3. The van der Waals surface area contributed by atoms with Crippen molar-refractivity contribution < 1.29 is 14.6 Å². The largest absolute Gasteiger partial charge is 0.506 e. The van der Waals surface area contributed by atoms with Gasteiger partial charge in [0.05, 0.1) is 28.6 Å². The fraction of sp³-hybridized carbons (Fsp3) is 0.136. The summed E-state index contributed by atoms with van der Waals surface area (Å²) in [5, 5.41) is 19.8. The van der Waals surface area contributed by atoms with Crippen LogP contribution >= 0.6 is 43.2 Å². The molecule has 0 aliphatic carbocycles. The Morgan fingerprint density at radius 2 is 2.19 bits per heavy atom. The summed E-state index contributed by atoms with van der Waals surface area (Å²) in [5.41, 5.74) is 3.68. The Morgan fingerprint density at radius 1 is 1.38 bits per heavy atom. The standard InChI is InChI=1S/C22H18Br2N4O3S/c1-12(2)8-25-22-28(26-9-14-5-15(23)7-16(24)21(14)30)18(11-32-22)13-3-4-19-17(6-13)27-20(29)10-31-19/h3-7,9,11,30H,1,8,10H2,2H3,(H,27,29). The Hall–Kier alpha value is -2.69. The average molecular weight is 578 g/mol. The maximum Gasteiger partial charge on any atom is 0.262 e. The number of nitrogens with zero attached hydrogens (tertiary/aromatic N) is 3. The number of carbonyl (C=O) groups excluding carboxylic acids is 1. The fourth-order valence-corrected chi connectivity index (χ4v) is 5.06. The van der Waals surface area contributed by atoms with Crippen molar-refractivity contribution in [3.63, 3.8) is 0 Å². The predicted molar refractivity (Wildman–Crippen MR) is 134 cm³/mol. The second-order valence-electron chi connectivity index (χ2n) is 7.11. The first-order valence-corrected chi connectivity index (χ1v) is 11.9. The zero-order valence-corrected chi connectivity index (χ0v) is 20.9. The first-order valence-electron chi connectivity index (χ1n) is 9.46.